The van der Waals surface area contributed by atoms with Crippen LogP contribution in [0.4, 0.5) is 0 Å². The molecule has 108 valence electrons. The van der Waals surface area contributed by atoms with Gasteiger partial charge in [-0.15, -0.1) is 12.4 Å². The van der Waals surface area contributed by atoms with Crippen LogP contribution in [0.1, 0.15) is 44.2 Å². The number of benzene rings is 1. The van der Waals surface area contributed by atoms with Gasteiger partial charge in [-0.2, -0.15) is 0 Å². The van der Waals surface area contributed by atoms with E-state index in [-0.39, 0.29) is 18.4 Å². The first kappa shape index (κ1) is 16.3. The molecule has 1 aliphatic carbocycles. The third kappa shape index (κ3) is 5.04. The first-order chi connectivity index (χ1) is 8.72. The minimum Gasteiger partial charge on any atom is -0.493 e. The summed E-state index contributed by atoms with van der Waals surface area (Å²) in [5.41, 5.74) is 8.73. The molecule has 1 atom stereocenters. The Morgan fingerprint density at radius 1 is 1.32 bits per heavy atom. The molecule has 0 amide bonds. The monoisotopic (exact) mass is 283 g/mol. The first-order valence-electron chi connectivity index (χ1n) is 7.23. The average molecular weight is 284 g/mol. The lowest BCUT2D eigenvalue weighted by Gasteiger charge is -2.15. The third-order valence-corrected chi connectivity index (χ3v) is 3.71. The minimum absolute atomic E-state index is 0. The van der Waals surface area contributed by atoms with Crippen LogP contribution in [0.15, 0.2) is 18.2 Å². The van der Waals surface area contributed by atoms with Crippen molar-refractivity contribution in [1.82, 2.24) is 0 Å². The molecule has 2 nitrogen and oxygen atoms in total. The maximum Gasteiger partial charge on any atom is 0.122 e. The second-order valence-electron chi connectivity index (χ2n) is 5.42. The number of ether oxygens (including phenoxy) is 1. The fourth-order valence-corrected chi connectivity index (χ4v) is 2.07. The maximum absolute atomic E-state index is 6.08. The highest BCUT2D eigenvalue weighted by Gasteiger charge is 2.22. The van der Waals surface area contributed by atoms with Crippen molar-refractivity contribution in [1.29, 1.82) is 0 Å². The van der Waals surface area contributed by atoms with Crippen LogP contribution in [0.5, 0.6) is 5.75 Å². The van der Waals surface area contributed by atoms with Crippen molar-refractivity contribution in [2.24, 2.45) is 11.7 Å². The van der Waals surface area contributed by atoms with E-state index in [9.17, 15) is 0 Å². The van der Waals surface area contributed by atoms with Gasteiger partial charge in [-0.3, -0.25) is 0 Å². The topological polar surface area (TPSA) is 35.2 Å². The highest BCUT2D eigenvalue weighted by atomic mass is 35.5. The SMILES string of the molecule is CCc1ccc(OCC2CC2)c(CC(N)CC)c1.Cl. The summed E-state index contributed by atoms with van der Waals surface area (Å²) in [6, 6.07) is 6.79. The fraction of sp³-hybridized carbons (Fsp3) is 0.625. The van der Waals surface area contributed by atoms with E-state index in [1.165, 1.54) is 24.0 Å². The molecular formula is C16H26ClNO. The van der Waals surface area contributed by atoms with Crippen LogP contribution in [-0.2, 0) is 12.8 Å². The summed E-state index contributed by atoms with van der Waals surface area (Å²) in [7, 11) is 0. The predicted molar refractivity (Wildman–Crippen MR) is 83.3 cm³/mol. The summed E-state index contributed by atoms with van der Waals surface area (Å²) in [5.74, 6) is 1.84. The molecule has 2 rings (SSSR count). The molecule has 1 fully saturated rings. The molecule has 3 heteroatoms. The molecule has 0 saturated heterocycles. The molecule has 2 N–H and O–H groups in total. The number of hydrogen-bond acceptors (Lipinski definition) is 2. The zero-order valence-electron chi connectivity index (χ0n) is 12.0. The van der Waals surface area contributed by atoms with Crippen molar-refractivity contribution in [3.8, 4) is 5.75 Å². The van der Waals surface area contributed by atoms with E-state index in [0.717, 1.165) is 37.5 Å². The molecule has 1 unspecified atom stereocenters. The maximum atomic E-state index is 6.08. The standard InChI is InChI=1S/C16H25NO.ClH/c1-3-12-7-8-16(18-11-13-5-6-13)14(9-12)10-15(17)4-2;/h7-9,13,15H,3-6,10-11,17H2,1-2H3;1H. The van der Waals surface area contributed by atoms with Gasteiger partial charge in [0, 0.05) is 6.04 Å². The molecule has 1 aliphatic rings. The van der Waals surface area contributed by atoms with Crippen molar-refractivity contribution in [2.75, 3.05) is 6.61 Å². The van der Waals surface area contributed by atoms with E-state index in [4.69, 9.17) is 10.5 Å². The van der Waals surface area contributed by atoms with E-state index >= 15 is 0 Å². The minimum atomic E-state index is 0. The smallest absolute Gasteiger partial charge is 0.122 e. The van der Waals surface area contributed by atoms with Crippen molar-refractivity contribution in [2.45, 2.75) is 52.0 Å². The second-order valence-corrected chi connectivity index (χ2v) is 5.42. The van der Waals surface area contributed by atoms with Crippen molar-refractivity contribution in [3.05, 3.63) is 29.3 Å². The molecule has 0 bridgehead atoms. The number of nitrogens with two attached hydrogens (primary N) is 1. The van der Waals surface area contributed by atoms with Crippen LogP contribution in [0.3, 0.4) is 0 Å². The molecule has 0 aliphatic heterocycles. The van der Waals surface area contributed by atoms with Gasteiger partial charge in [-0.05, 0) is 55.2 Å². The molecule has 0 heterocycles. The number of halogens is 1. The van der Waals surface area contributed by atoms with Gasteiger partial charge in [0.05, 0.1) is 6.61 Å². The summed E-state index contributed by atoms with van der Waals surface area (Å²) >= 11 is 0. The van der Waals surface area contributed by atoms with Gasteiger partial charge in [-0.1, -0.05) is 26.0 Å². The van der Waals surface area contributed by atoms with Crippen LogP contribution in [0, 0.1) is 5.92 Å². The Balaban J connectivity index is 0.00000180. The van der Waals surface area contributed by atoms with Crippen LogP contribution in [0.2, 0.25) is 0 Å². The van der Waals surface area contributed by atoms with E-state index in [1.54, 1.807) is 0 Å². The Hall–Kier alpha value is -0.730. The van der Waals surface area contributed by atoms with Crippen LogP contribution >= 0.6 is 12.4 Å². The van der Waals surface area contributed by atoms with Crippen LogP contribution in [-0.4, -0.2) is 12.6 Å². The summed E-state index contributed by atoms with van der Waals surface area (Å²) < 4.78 is 5.95. The molecular weight excluding hydrogens is 258 g/mol. The third-order valence-electron chi connectivity index (χ3n) is 3.71. The Kier molecular flexibility index (Phi) is 6.67. The number of aryl methyl sites for hydroxylation is 1. The predicted octanol–water partition coefficient (Wildman–Crippen LogP) is 3.74. The second kappa shape index (κ2) is 7.76. The van der Waals surface area contributed by atoms with E-state index in [0.29, 0.717) is 0 Å². The molecule has 1 aromatic rings. The number of hydrogen-bond donors (Lipinski definition) is 1. The molecule has 1 saturated carbocycles. The van der Waals surface area contributed by atoms with Gasteiger partial charge >= 0.3 is 0 Å². The van der Waals surface area contributed by atoms with Crippen LogP contribution in [0.25, 0.3) is 0 Å². The van der Waals surface area contributed by atoms with Gasteiger partial charge in [0.2, 0.25) is 0 Å². The Morgan fingerprint density at radius 3 is 2.63 bits per heavy atom. The normalized spacial score (nSPS) is 15.7. The highest BCUT2D eigenvalue weighted by molar-refractivity contribution is 5.85. The van der Waals surface area contributed by atoms with E-state index in [2.05, 4.69) is 32.0 Å². The van der Waals surface area contributed by atoms with Gasteiger partial charge in [0.1, 0.15) is 5.75 Å². The Bertz CT molecular complexity index is 390. The van der Waals surface area contributed by atoms with Crippen molar-refractivity contribution in [3.63, 3.8) is 0 Å². The van der Waals surface area contributed by atoms with Gasteiger partial charge in [0.25, 0.3) is 0 Å². The lowest BCUT2D eigenvalue weighted by Crippen LogP contribution is -2.22. The zero-order valence-corrected chi connectivity index (χ0v) is 12.8. The van der Waals surface area contributed by atoms with Gasteiger partial charge < -0.3 is 10.5 Å². The van der Waals surface area contributed by atoms with Crippen LogP contribution < -0.4 is 10.5 Å². The van der Waals surface area contributed by atoms with Gasteiger partial charge in [0.15, 0.2) is 0 Å². The molecule has 0 aromatic heterocycles. The molecule has 19 heavy (non-hydrogen) atoms. The highest BCUT2D eigenvalue weighted by Crippen LogP contribution is 2.31. The summed E-state index contributed by atoms with van der Waals surface area (Å²) in [6.07, 6.45) is 5.66. The lowest BCUT2D eigenvalue weighted by molar-refractivity contribution is 0.296. The first-order valence-corrected chi connectivity index (χ1v) is 7.23. The average Bonchev–Trinajstić information content (AvgIpc) is 3.21. The van der Waals surface area contributed by atoms with Crippen molar-refractivity contribution < 1.29 is 4.74 Å². The van der Waals surface area contributed by atoms with Gasteiger partial charge in [-0.25, -0.2) is 0 Å². The molecule has 0 radical (unpaired) electrons. The summed E-state index contributed by atoms with van der Waals surface area (Å²) in [5, 5.41) is 0. The molecule has 0 spiro atoms. The summed E-state index contributed by atoms with van der Waals surface area (Å²) in [4.78, 5) is 0. The lowest BCUT2D eigenvalue weighted by atomic mass is 10.0. The largest absolute Gasteiger partial charge is 0.493 e. The molecule has 1 aromatic carbocycles. The Morgan fingerprint density at radius 2 is 2.05 bits per heavy atom. The number of rotatable bonds is 7. The zero-order chi connectivity index (χ0) is 13.0. The van der Waals surface area contributed by atoms with E-state index in [1.807, 2.05) is 0 Å². The Labute approximate surface area is 123 Å². The quantitative estimate of drug-likeness (QED) is 0.827. The fourth-order valence-electron chi connectivity index (χ4n) is 2.07. The summed E-state index contributed by atoms with van der Waals surface area (Å²) in [6.45, 7) is 5.20. The van der Waals surface area contributed by atoms with Crippen molar-refractivity contribution >= 4 is 12.4 Å². The van der Waals surface area contributed by atoms with E-state index < -0.39 is 0 Å².